The number of aryl methyl sites for hydroxylation is 2. The summed E-state index contributed by atoms with van der Waals surface area (Å²) in [6, 6.07) is 12.2. The van der Waals surface area contributed by atoms with Crippen LogP contribution in [0, 0.1) is 13.8 Å². The third-order valence-corrected chi connectivity index (χ3v) is 4.25. The molecule has 0 saturated carbocycles. The highest BCUT2D eigenvalue weighted by molar-refractivity contribution is 9.10. The molecule has 0 aliphatic rings. The SMILES string of the molecule is Cc1ccc(C)c(C(C)(N)c2ccc(Br)cc2Cl)c1. The summed E-state index contributed by atoms with van der Waals surface area (Å²) in [6.45, 7) is 6.15. The summed E-state index contributed by atoms with van der Waals surface area (Å²) in [7, 11) is 0. The Bertz CT molecular complexity index is 620. The molecule has 1 atom stereocenters. The molecule has 0 aliphatic heterocycles. The van der Waals surface area contributed by atoms with E-state index < -0.39 is 5.54 Å². The quantitative estimate of drug-likeness (QED) is 0.824. The van der Waals surface area contributed by atoms with Crippen molar-refractivity contribution in [1.29, 1.82) is 0 Å². The fourth-order valence-corrected chi connectivity index (χ4v) is 3.22. The van der Waals surface area contributed by atoms with E-state index in [-0.39, 0.29) is 0 Å². The van der Waals surface area contributed by atoms with E-state index in [4.69, 9.17) is 17.3 Å². The van der Waals surface area contributed by atoms with Crippen LogP contribution in [0.1, 0.15) is 29.2 Å². The van der Waals surface area contributed by atoms with E-state index in [2.05, 4.69) is 48.0 Å². The summed E-state index contributed by atoms with van der Waals surface area (Å²) in [6.07, 6.45) is 0. The predicted octanol–water partition coefficient (Wildman–Crippen LogP) is 4.94. The van der Waals surface area contributed by atoms with Gasteiger partial charge in [-0.3, -0.25) is 0 Å². The van der Waals surface area contributed by atoms with Crippen molar-refractivity contribution < 1.29 is 0 Å². The van der Waals surface area contributed by atoms with Crippen LogP contribution in [-0.2, 0) is 5.54 Å². The Kier molecular flexibility index (Phi) is 4.05. The number of benzene rings is 2. The first-order chi connectivity index (χ1) is 8.82. The van der Waals surface area contributed by atoms with Gasteiger partial charge in [0.2, 0.25) is 0 Å². The van der Waals surface area contributed by atoms with Crippen LogP contribution in [0.15, 0.2) is 40.9 Å². The molecule has 0 fully saturated rings. The summed E-state index contributed by atoms with van der Waals surface area (Å²) in [5.74, 6) is 0. The molecule has 100 valence electrons. The Morgan fingerprint density at radius 3 is 2.37 bits per heavy atom. The van der Waals surface area contributed by atoms with Gasteiger partial charge in [-0.25, -0.2) is 0 Å². The second-order valence-corrected chi connectivity index (χ2v) is 6.47. The smallest absolute Gasteiger partial charge is 0.0654 e. The fourth-order valence-electron chi connectivity index (χ4n) is 2.35. The number of hydrogen-bond donors (Lipinski definition) is 1. The van der Waals surface area contributed by atoms with Gasteiger partial charge in [0.15, 0.2) is 0 Å². The monoisotopic (exact) mass is 337 g/mol. The zero-order valence-corrected chi connectivity index (χ0v) is 13.6. The summed E-state index contributed by atoms with van der Waals surface area (Å²) >= 11 is 9.77. The summed E-state index contributed by atoms with van der Waals surface area (Å²) in [5, 5.41) is 0.681. The zero-order chi connectivity index (χ0) is 14.2. The first-order valence-corrected chi connectivity index (χ1v) is 7.31. The van der Waals surface area contributed by atoms with Crippen molar-refractivity contribution in [2.75, 3.05) is 0 Å². The molecule has 2 rings (SSSR count). The summed E-state index contributed by atoms with van der Waals surface area (Å²) in [4.78, 5) is 0. The molecule has 0 aliphatic carbocycles. The number of hydrogen-bond acceptors (Lipinski definition) is 1. The number of halogens is 2. The van der Waals surface area contributed by atoms with Crippen molar-refractivity contribution in [2.24, 2.45) is 5.73 Å². The normalized spacial score (nSPS) is 14.2. The summed E-state index contributed by atoms with van der Waals surface area (Å²) < 4.78 is 0.956. The second-order valence-electron chi connectivity index (χ2n) is 5.14. The Hall–Kier alpha value is -0.830. The van der Waals surface area contributed by atoms with E-state index in [0.29, 0.717) is 5.02 Å². The van der Waals surface area contributed by atoms with E-state index in [9.17, 15) is 0 Å². The standard InChI is InChI=1S/C16H17BrClN/c1-10-4-5-11(2)14(8-10)16(3,19)13-7-6-12(17)9-15(13)18/h4-9H,19H2,1-3H3. The first-order valence-electron chi connectivity index (χ1n) is 6.14. The lowest BCUT2D eigenvalue weighted by molar-refractivity contribution is 0.598. The molecular weight excluding hydrogens is 322 g/mol. The molecule has 0 heterocycles. The van der Waals surface area contributed by atoms with Crippen LogP contribution in [0.25, 0.3) is 0 Å². The Labute approximate surface area is 127 Å². The van der Waals surface area contributed by atoms with Gasteiger partial charge >= 0.3 is 0 Å². The van der Waals surface area contributed by atoms with Gasteiger partial charge in [0.05, 0.1) is 5.54 Å². The highest BCUT2D eigenvalue weighted by atomic mass is 79.9. The van der Waals surface area contributed by atoms with Crippen LogP contribution < -0.4 is 5.73 Å². The average molecular weight is 339 g/mol. The lowest BCUT2D eigenvalue weighted by Crippen LogP contribution is -2.35. The minimum Gasteiger partial charge on any atom is -0.318 e. The fraction of sp³-hybridized carbons (Fsp3) is 0.250. The van der Waals surface area contributed by atoms with E-state index in [1.807, 2.05) is 25.1 Å². The molecule has 0 saturated heterocycles. The molecule has 2 aromatic rings. The van der Waals surface area contributed by atoms with Crippen LogP contribution in [-0.4, -0.2) is 0 Å². The Morgan fingerprint density at radius 1 is 1.05 bits per heavy atom. The molecule has 0 amide bonds. The molecule has 1 unspecified atom stereocenters. The first kappa shape index (κ1) is 14.6. The van der Waals surface area contributed by atoms with Crippen LogP contribution in [0.4, 0.5) is 0 Å². The molecule has 0 radical (unpaired) electrons. The summed E-state index contributed by atoms with van der Waals surface area (Å²) in [5.41, 5.74) is 10.4. The highest BCUT2D eigenvalue weighted by Gasteiger charge is 2.27. The van der Waals surface area contributed by atoms with Gasteiger partial charge in [-0.05, 0) is 49.6 Å². The minimum absolute atomic E-state index is 0.603. The maximum absolute atomic E-state index is 6.58. The molecule has 0 bridgehead atoms. The molecule has 0 aromatic heterocycles. The lowest BCUT2D eigenvalue weighted by atomic mass is 9.82. The van der Waals surface area contributed by atoms with Crippen molar-refractivity contribution in [2.45, 2.75) is 26.3 Å². The number of rotatable bonds is 2. The topological polar surface area (TPSA) is 26.0 Å². The third-order valence-electron chi connectivity index (χ3n) is 3.44. The minimum atomic E-state index is -0.603. The van der Waals surface area contributed by atoms with Gasteiger partial charge in [0.1, 0.15) is 0 Å². The largest absolute Gasteiger partial charge is 0.318 e. The number of nitrogens with two attached hydrogens (primary N) is 1. The zero-order valence-electron chi connectivity index (χ0n) is 11.3. The van der Waals surface area contributed by atoms with Gasteiger partial charge in [0.25, 0.3) is 0 Å². The molecule has 0 spiro atoms. The van der Waals surface area contributed by atoms with Gasteiger partial charge in [-0.1, -0.05) is 57.4 Å². The van der Waals surface area contributed by atoms with Gasteiger partial charge < -0.3 is 5.73 Å². The Morgan fingerprint density at radius 2 is 1.74 bits per heavy atom. The average Bonchev–Trinajstić information content (AvgIpc) is 2.31. The maximum atomic E-state index is 6.58. The van der Waals surface area contributed by atoms with Crippen molar-refractivity contribution in [3.63, 3.8) is 0 Å². The molecule has 3 heteroatoms. The predicted molar refractivity (Wildman–Crippen MR) is 85.7 cm³/mol. The molecule has 19 heavy (non-hydrogen) atoms. The molecule has 2 N–H and O–H groups in total. The van der Waals surface area contributed by atoms with Crippen molar-refractivity contribution in [3.05, 3.63) is 68.1 Å². The van der Waals surface area contributed by atoms with Crippen molar-refractivity contribution >= 4 is 27.5 Å². The van der Waals surface area contributed by atoms with E-state index in [1.54, 1.807) is 0 Å². The van der Waals surface area contributed by atoms with Crippen LogP contribution in [0.3, 0.4) is 0 Å². The molecule has 2 aromatic carbocycles. The van der Waals surface area contributed by atoms with Crippen LogP contribution >= 0.6 is 27.5 Å². The van der Waals surface area contributed by atoms with Gasteiger partial charge in [-0.2, -0.15) is 0 Å². The van der Waals surface area contributed by atoms with E-state index in [1.165, 1.54) is 11.1 Å². The van der Waals surface area contributed by atoms with Gasteiger partial charge in [0, 0.05) is 9.50 Å². The maximum Gasteiger partial charge on any atom is 0.0654 e. The van der Waals surface area contributed by atoms with Gasteiger partial charge in [-0.15, -0.1) is 0 Å². The van der Waals surface area contributed by atoms with Crippen molar-refractivity contribution in [3.8, 4) is 0 Å². The highest BCUT2D eigenvalue weighted by Crippen LogP contribution is 2.35. The Balaban J connectivity index is 2.61. The lowest BCUT2D eigenvalue weighted by Gasteiger charge is -2.29. The third kappa shape index (κ3) is 2.86. The van der Waals surface area contributed by atoms with Crippen LogP contribution in [0.2, 0.25) is 5.02 Å². The second kappa shape index (κ2) is 5.28. The van der Waals surface area contributed by atoms with E-state index >= 15 is 0 Å². The molecule has 1 nitrogen and oxygen atoms in total. The molecular formula is C16H17BrClN. The van der Waals surface area contributed by atoms with E-state index in [0.717, 1.165) is 15.6 Å². The van der Waals surface area contributed by atoms with Crippen molar-refractivity contribution in [1.82, 2.24) is 0 Å². The van der Waals surface area contributed by atoms with Crippen LogP contribution in [0.5, 0.6) is 0 Å².